The number of hydrogen-bond donors (Lipinski definition) is 0. The zero-order chi connectivity index (χ0) is 23.0. The quantitative estimate of drug-likeness (QED) is 0.558. The van der Waals surface area contributed by atoms with Crippen LogP contribution in [0.3, 0.4) is 0 Å². The predicted molar refractivity (Wildman–Crippen MR) is 122 cm³/mol. The molecule has 1 aliphatic heterocycles. The van der Waals surface area contributed by atoms with Crippen molar-refractivity contribution in [2.45, 2.75) is 32.9 Å². The van der Waals surface area contributed by atoms with Crippen molar-refractivity contribution in [3.8, 4) is 11.5 Å². The molecular formula is C24H27NO6S. The normalized spacial score (nSPS) is 17.4. The molecule has 32 heavy (non-hydrogen) atoms. The molecular weight excluding hydrogens is 430 g/mol. The van der Waals surface area contributed by atoms with Crippen molar-refractivity contribution in [3.63, 3.8) is 0 Å². The topological polar surface area (TPSA) is 86.0 Å². The first-order valence-corrected chi connectivity index (χ1v) is 12.3. The largest absolute Gasteiger partial charge is 0.493 e. The van der Waals surface area contributed by atoms with Gasteiger partial charge in [-0.15, -0.1) is 0 Å². The molecule has 1 unspecified atom stereocenters. The van der Waals surface area contributed by atoms with E-state index in [9.17, 15) is 13.2 Å². The molecule has 170 valence electrons. The van der Waals surface area contributed by atoms with Gasteiger partial charge < -0.3 is 18.8 Å². The van der Waals surface area contributed by atoms with Crippen molar-refractivity contribution in [3.05, 3.63) is 58.8 Å². The van der Waals surface area contributed by atoms with Crippen LogP contribution < -0.4 is 9.47 Å². The molecule has 8 heteroatoms. The Hall–Kier alpha value is -3.00. The van der Waals surface area contributed by atoms with Gasteiger partial charge in [-0.1, -0.05) is 17.7 Å². The molecule has 4 rings (SSSR count). The van der Waals surface area contributed by atoms with Crippen LogP contribution in [-0.2, 0) is 16.4 Å². The van der Waals surface area contributed by atoms with E-state index in [1.165, 1.54) is 0 Å². The molecule has 3 aromatic rings. The maximum absolute atomic E-state index is 13.7. The number of furan rings is 1. The summed E-state index contributed by atoms with van der Waals surface area (Å²) in [5.41, 5.74) is 3.28. The first kappa shape index (κ1) is 22.2. The van der Waals surface area contributed by atoms with E-state index < -0.39 is 15.9 Å². The molecule has 1 amide bonds. The molecule has 7 nitrogen and oxygen atoms in total. The zero-order valence-corrected chi connectivity index (χ0v) is 19.5. The molecule has 0 N–H and O–H groups in total. The summed E-state index contributed by atoms with van der Waals surface area (Å²) in [4.78, 5) is 15.3. The minimum Gasteiger partial charge on any atom is -0.493 e. The number of fused-ring (bicyclic) bond motifs is 1. The van der Waals surface area contributed by atoms with E-state index in [1.54, 1.807) is 31.3 Å². The van der Waals surface area contributed by atoms with Crippen molar-refractivity contribution in [1.82, 2.24) is 4.90 Å². The third-order valence-electron chi connectivity index (χ3n) is 6.00. The molecule has 0 saturated carbocycles. The Morgan fingerprint density at radius 3 is 2.50 bits per heavy atom. The Bertz CT molecular complexity index is 1280. The van der Waals surface area contributed by atoms with Crippen molar-refractivity contribution in [2.75, 3.05) is 25.7 Å². The fraction of sp³-hybridized carbons (Fsp3) is 0.375. The summed E-state index contributed by atoms with van der Waals surface area (Å²) < 4.78 is 41.0. The second kappa shape index (κ2) is 8.50. The highest BCUT2D eigenvalue weighted by Crippen LogP contribution is 2.32. The lowest BCUT2D eigenvalue weighted by Crippen LogP contribution is -2.40. The number of methoxy groups -OCH3 is 2. The molecule has 2 aromatic carbocycles. The Morgan fingerprint density at radius 1 is 1.09 bits per heavy atom. The van der Waals surface area contributed by atoms with Gasteiger partial charge in [-0.2, -0.15) is 0 Å². The van der Waals surface area contributed by atoms with E-state index >= 15 is 0 Å². The summed E-state index contributed by atoms with van der Waals surface area (Å²) in [5.74, 6) is 1.09. The second-order valence-electron chi connectivity index (χ2n) is 8.24. The van der Waals surface area contributed by atoms with Gasteiger partial charge in [0.2, 0.25) is 0 Å². The highest BCUT2D eigenvalue weighted by atomic mass is 32.2. The zero-order valence-electron chi connectivity index (χ0n) is 18.7. The molecule has 0 aliphatic carbocycles. The molecule has 1 aromatic heterocycles. The number of amides is 1. The summed E-state index contributed by atoms with van der Waals surface area (Å²) in [5, 5.41) is 0.887. The molecule has 1 aliphatic rings. The molecule has 2 heterocycles. The minimum absolute atomic E-state index is 0.0512. The number of sulfone groups is 1. The first-order chi connectivity index (χ1) is 15.2. The van der Waals surface area contributed by atoms with Crippen molar-refractivity contribution in [1.29, 1.82) is 0 Å². The van der Waals surface area contributed by atoms with Gasteiger partial charge in [-0.25, -0.2) is 8.42 Å². The maximum atomic E-state index is 13.7. The van der Waals surface area contributed by atoms with E-state index in [2.05, 4.69) is 0 Å². The minimum atomic E-state index is -3.18. The standard InChI is InChI=1S/C24H27NO6S/c1-15-5-7-20-19(11-15)16(2)23(31-20)24(26)25(18-9-10-32(27,28)14-18)13-17-6-8-21(29-3)22(12-17)30-4/h5-8,11-12,18H,9-10,13-14H2,1-4H3. The summed E-state index contributed by atoms with van der Waals surface area (Å²) >= 11 is 0. The van der Waals surface area contributed by atoms with Crippen LogP contribution in [0, 0.1) is 13.8 Å². The van der Waals surface area contributed by atoms with Crippen LogP contribution >= 0.6 is 0 Å². The lowest BCUT2D eigenvalue weighted by molar-refractivity contribution is 0.0649. The summed E-state index contributed by atoms with van der Waals surface area (Å²) in [6.45, 7) is 4.08. The average molecular weight is 458 g/mol. The summed E-state index contributed by atoms with van der Waals surface area (Å²) in [6, 6.07) is 10.8. The van der Waals surface area contributed by atoms with Crippen molar-refractivity contribution >= 4 is 26.7 Å². The molecule has 0 spiro atoms. The average Bonchev–Trinajstić information content (AvgIpc) is 3.30. The lowest BCUT2D eigenvalue weighted by atomic mass is 10.1. The van der Waals surface area contributed by atoms with Crippen LogP contribution in [0.5, 0.6) is 11.5 Å². The van der Waals surface area contributed by atoms with E-state index in [-0.39, 0.29) is 29.7 Å². The second-order valence-corrected chi connectivity index (χ2v) is 10.5. The maximum Gasteiger partial charge on any atom is 0.290 e. The Morgan fingerprint density at radius 2 is 1.84 bits per heavy atom. The van der Waals surface area contributed by atoms with Gasteiger partial charge in [0.25, 0.3) is 5.91 Å². The number of carbonyl (C=O) groups is 1. The Labute approximate surface area is 187 Å². The lowest BCUT2D eigenvalue weighted by Gasteiger charge is -2.28. The van der Waals surface area contributed by atoms with E-state index in [0.29, 0.717) is 23.5 Å². The highest BCUT2D eigenvalue weighted by Gasteiger charge is 2.36. The van der Waals surface area contributed by atoms with Crippen molar-refractivity contribution < 1.29 is 27.1 Å². The molecule has 0 bridgehead atoms. The highest BCUT2D eigenvalue weighted by molar-refractivity contribution is 7.91. The van der Waals surface area contributed by atoms with Crippen LogP contribution in [0.4, 0.5) is 0 Å². The molecule has 1 atom stereocenters. The third kappa shape index (κ3) is 4.19. The van der Waals surface area contributed by atoms with Crippen LogP contribution in [-0.4, -0.2) is 51.0 Å². The SMILES string of the molecule is COc1ccc(CN(C(=O)c2oc3ccc(C)cc3c2C)C2CCS(=O)(=O)C2)cc1OC. The number of hydrogen-bond acceptors (Lipinski definition) is 6. The van der Waals surface area contributed by atoms with E-state index in [1.807, 2.05) is 38.1 Å². The number of benzene rings is 2. The molecule has 1 fully saturated rings. The third-order valence-corrected chi connectivity index (χ3v) is 7.75. The first-order valence-electron chi connectivity index (χ1n) is 10.4. The fourth-order valence-corrected chi connectivity index (χ4v) is 5.96. The van der Waals surface area contributed by atoms with E-state index in [4.69, 9.17) is 13.9 Å². The van der Waals surface area contributed by atoms with Gasteiger partial charge in [0, 0.05) is 23.5 Å². The smallest absolute Gasteiger partial charge is 0.290 e. The van der Waals surface area contributed by atoms with Gasteiger partial charge in [-0.3, -0.25) is 4.79 Å². The number of ether oxygens (including phenoxy) is 2. The monoisotopic (exact) mass is 457 g/mol. The predicted octanol–water partition coefficient (Wildman–Crippen LogP) is 3.90. The fourth-order valence-electron chi connectivity index (χ4n) is 4.23. The van der Waals surface area contributed by atoms with Gasteiger partial charge in [0.15, 0.2) is 27.1 Å². The summed E-state index contributed by atoms with van der Waals surface area (Å²) in [6.07, 6.45) is 0.403. The number of nitrogens with zero attached hydrogens (tertiary/aromatic N) is 1. The van der Waals surface area contributed by atoms with Gasteiger partial charge in [0.1, 0.15) is 5.58 Å². The van der Waals surface area contributed by atoms with Crippen LogP contribution in [0.25, 0.3) is 11.0 Å². The van der Waals surface area contributed by atoms with Crippen LogP contribution in [0.15, 0.2) is 40.8 Å². The Kier molecular flexibility index (Phi) is 5.90. The van der Waals surface area contributed by atoms with Crippen LogP contribution in [0.1, 0.15) is 33.7 Å². The van der Waals surface area contributed by atoms with Gasteiger partial charge in [0.05, 0.1) is 25.7 Å². The summed E-state index contributed by atoms with van der Waals surface area (Å²) in [7, 11) is -0.0737. The number of carbonyl (C=O) groups excluding carboxylic acids is 1. The number of rotatable bonds is 6. The van der Waals surface area contributed by atoms with Crippen molar-refractivity contribution in [2.24, 2.45) is 0 Å². The molecule has 0 radical (unpaired) electrons. The van der Waals surface area contributed by atoms with E-state index in [0.717, 1.165) is 22.1 Å². The van der Waals surface area contributed by atoms with Gasteiger partial charge >= 0.3 is 0 Å². The van der Waals surface area contributed by atoms with Gasteiger partial charge in [-0.05, 0) is 50.1 Å². The Balaban J connectivity index is 1.73. The molecule has 1 saturated heterocycles. The van der Waals surface area contributed by atoms with Crippen LogP contribution in [0.2, 0.25) is 0 Å². The number of aryl methyl sites for hydroxylation is 2.